The number of amides is 1. The third-order valence-corrected chi connectivity index (χ3v) is 5.44. The number of piperazine rings is 1. The fourth-order valence-electron chi connectivity index (χ4n) is 3.56. The molecule has 1 amide bonds. The Morgan fingerprint density at radius 2 is 1.76 bits per heavy atom. The molecular weight excluding hydrogens is 390 g/mol. The normalized spacial score (nSPS) is 14.6. The Labute approximate surface area is 177 Å². The fraction of sp³-hybridized carbons (Fsp3) is 0.409. The summed E-state index contributed by atoms with van der Waals surface area (Å²) in [5.74, 6) is 1.14. The lowest BCUT2D eigenvalue weighted by Crippen LogP contribution is -2.46. The summed E-state index contributed by atoms with van der Waals surface area (Å²) in [4.78, 5) is 17.4. The van der Waals surface area contributed by atoms with Crippen LogP contribution in [-0.2, 0) is 11.2 Å². The van der Waals surface area contributed by atoms with Crippen LogP contribution in [-0.4, -0.2) is 57.8 Å². The summed E-state index contributed by atoms with van der Waals surface area (Å²) >= 11 is 6.21. The topological polar surface area (TPSA) is 54.0 Å². The summed E-state index contributed by atoms with van der Waals surface area (Å²) in [6, 6.07) is 11.2. The molecular formula is C22H28ClN3O3. The van der Waals surface area contributed by atoms with Crippen molar-refractivity contribution < 1.29 is 14.3 Å². The molecule has 1 aliphatic rings. The van der Waals surface area contributed by atoms with Gasteiger partial charge in [-0.2, -0.15) is 0 Å². The molecule has 2 aromatic carbocycles. The van der Waals surface area contributed by atoms with E-state index in [1.165, 1.54) is 0 Å². The molecule has 0 aromatic heterocycles. The van der Waals surface area contributed by atoms with Crippen LogP contribution in [0.4, 0.5) is 11.4 Å². The van der Waals surface area contributed by atoms with Crippen LogP contribution in [0.3, 0.4) is 0 Å². The van der Waals surface area contributed by atoms with Gasteiger partial charge in [0.15, 0.2) is 11.5 Å². The number of nitrogens with zero attached hydrogens (tertiary/aromatic N) is 2. The quantitative estimate of drug-likeness (QED) is 0.744. The molecule has 0 spiro atoms. The van der Waals surface area contributed by atoms with E-state index < -0.39 is 0 Å². The maximum Gasteiger partial charge on any atom is 0.228 e. The van der Waals surface area contributed by atoms with Crippen LogP contribution in [0.1, 0.15) is 12.5 Å². The molecule has 6 nitrogen and oxygen atoms in total. The summed E-state index contributed by atoms with van der Waals surface area (Å²) in [7, 11) is 3.17. The highest BCUT2D eigenvalue weighted by atomic mass is 35.5. The van der Waals surface area contributed by atoms with Crippen molar-refractivity contribution in [2.45, 2.75) is 13.3 Å². The number of hydrogen-bond acceptors (Lipinski definition) is 5. The van der Waals surface area contributed by atoms with Crippen molar-refractivity contribution in [1.82, 2.24) is 4.90 Å². The molecule has 1 heterocycles. The van der Waals surface area contributed by atoms with Crippen molar-refractivity contribution in [1.29, 1.82) is 0 Å². The molecule has 29 heavy (non-hydrogen) atoms. The number of nitrogens with one attached hydrogen (secondary N) is 1. The molecule has 0 saturated carbocycles. The number of halogens is 1. The van der Waals surface area contributed by atoms with Gasteiger partial charge in [-0.15, -0.1) is 0 Å². The second-order valence-corrected chi connectivity index (χ2v) is 7.43. The van der Waals surface area contributed by atoms with Crippen molar-refractivity contribution in [3.05, 3.63) is 47.0 Å². The van der Waals surface area contributed by atoms with Gasteiger partial charge in [-0.05, 0) is 42.4 Å². The molecule has 1 aliphatic heterocycles. The van der Waals surface area contributed by atoms with Crippen LogP contribution in [0.2, 0.25) is 5.02 Å². The Hall–Kier alpha value is -2.44. The van der Waals surface area contributed by atoms with Crippen LogP contribution in [0.15, 0.2) is 36.4 Å². The van der Waals surface area contributed by atoms with Crippen molar-refractivity contribution in [2.75, 3.05) is 57.2 Å². The summed E-state index contributed by atoms with van der Waals surface area (Å²) in [5.41, 5.74) is 2.60. The highest BCUT2D eigenvalue weighted by Gasteiger charge is 2.19. The van der Waals surface area contributed by atoms with E-state index in [1.54, 1.807) is 20.3 Å². The van der Waals surface area contributed by atoms with E-state index in [4.69, 9.17) is 21.1 Å². The van der Waals surface area contributed by atoms with Gasteiger partial charge >= 0.3 is 0 Å². The molecule has 0 aliphatic carbocycles. The summed E-state index contributed by atoms with van der Waals surface area (Å²) in [5, 5.41) is 3.64. The molecule has 1 saturated heterocycles. The Morgan fingerprint density at radius 3 is 2.41 bits per heavy atom. The molecule has 1 fully saturated rings. The van der Waals surface area contributed by atoms with E-state index in [-0.39, 0.29) is 12.3 Å². The smallest absolute Gasteiger partial charge is 0.228 e. The zero-order chi connectivity index (χ0) is 20.8. The highest BCUT2D eigenvalue weighted by molar-refractivity contribution is 6.31. The maximum absolute atomic E-state index is 12.7. The van der Waals surface area contributed by atoms with Gasteiger partial charge < -0.3 is 24.6 Å². The predicted molar refractivity (Wildman–Crippen MR) is 118 cm³/mol. The summed E-state index contributed by atoms with van der Waals surface area (Å²) in [6.07, 6.45) is 0.232. The molecule has 3 rings (SSSR count). The van der Waals surface area contributed by atoms with Crippen molar-refractivity contribution >= 4 is 28.9 Å². The molecule has 0 radical (unpaired) electrons. The van der Waals surface area contributed by atoms with E-state index in [1.807, 2.05) is 30.3 Å². The van der Waals surface area contributed by atoms with Gasteiger partial charge in [0.2, 0.25) is 5.91 Å². The number of hydrogen-bond donors (Lipinski definition) is 1. The molecule has 0 bridgehead atoms. The average molecular weight is 418 g/mol. The molecule has 1 N–H and O–H groups in total. The molecule has 156 valence electrons. The molecule has 7 heteroatoms. The maximum atomic E-state index is 12.7. The van der Waals surface area contributed by atoms with Crippen LogP contribution in [0.5, 0.6) is 11.5 Å². The van der Waals surface area contributed by atoms with Crippen LogP contribution in [0.25, 0.3) is 0 Å². The first-order chi connectivity index (χ1) is 14.0. The van der Waals surface area contributed by atoms with Crippen LogP contribution < -0.4 is 19.7 Å². The van der Waals surface area contributed by atoms with E-state index in [0.29, 0.717) is 16.5 Å². The Bertz CT molecular complexity index is 851. The second-order valence-electron chi connectivity index (χ2n) is 7.00. The fourth-order valence-corrected chi connectivity index (χ4v) is 3.73. The van der Waals surface area contributed by atoms with Crippen molar-refractivity contribution in [3.8, 4) is 11.5 Å². The van der Waals surface area contributed by atoms with E-state index in [9.17, 15) is 4.79 Å². The number of likely N-dealkylation sites (N-methyl/N-ethyl adjacent to an activating group) is 1. The average Bonchev–Trinajstić information content (AvgIpc) is 2.74. The lowest BCUT2D eigenvalue weighted by atomic mass is 10.1. The third kappa shape index (κ3) is 5.34. The van der Waals surface area contributed by atoms with Gasteiger partial charge in [-0.25, -0.2) is 0 Å². The largest absolute Gasteiger partial charge is 0.493 e. The summed E-state index contributed by atoms with van der Waals surface area (Å²) < 4.78 is 10.6. The minimum Gasteiger partial charge on any atom is -0.493 e. The Morgan fingerprint density at radius 1 is 1.03 bits per heavy atom. The number of rotatable bonds is 7. The number of benzene rings is 2. The van der Waals surface area contributed by atoms with Crippen molar-refractivity contribution in [3.63, 3.8) is 0 Å². The van der Waals surface area contributed by atoms with E-state index in [2.05, 4.69) is 22.0 Å². The van der Waals surface area contributed by atoms with E-state index in [0.717, 1.165) is 49.7 Å². The number of anilines is 2. The zero-order valence-electron chi connectivity index (χ0n) is 17.2. The molecule has 0 unspecified atom stereocenters. The van der Waals surface area contributed by atoms with Gasteiger partial charge in [0, 0.05) is 31.2 Å². The highest BCUT2D eigenvalue weighted by Crippen LogP contribution is 2.31. The first-order valence-corrected chi connectivity index (χ1v) is 10.2. The zero-order valence-corrected chi connectivity index (χ0v) is 18.0. The monoisotopic (exact) mass is 417 g/mol. The van der Waals surface area contributed by atoms with Gasteiger partial charge in [0.1, 0.15) is 0 Å². The van der Waals surface area contributed by atoms with Crippen LogP contribution >= 0.6 is 11.6 Å². The summed E-state index contributed by atoms with van der Waals surface area (Å²) in [6.45, 7) is 7.11. The Balaban J connectivity index is 1.72. The SMILES string of the molecule is CCN1CCN(c2ccc(Cl)cc2NC(=O)Cc2ccc(OC)c(OC)c2)CC1. The second kappa shape index (κ2) is 9.85. The van der Waals surface area contributed by atoms with Gasteiger partial charge in [0.25, 0.3) is 0 Å². The first kappa shape index (κ1) is 21.3. The Kier molecular flexibility index (Phi) is 7.23. The first-order valence-electron chi connectivity index (χ1n) is 9.81. The molecule has 0 atom stereocenters. The lowest BCUT2D eigenvalue weighted by Gasteiger charge is -2.36. The van der Waals surface area contributed by atoms with Gasteiger partial charge in [-0.1, -0.05) is 24.6 Å². The minimum atomic E-state index is -0.104. The van der Waals surface area contributed by atoms with Gasteiger partial charge in [0.05, 0.1) is 32.0 Å². The molecule has 2 aromatic rings. The number of methoxy groups -OCH3 is 2. The number of carbonyl (C=O) groups is 1. The lowest BCUT2D eigenvalue weighted by molar-refractivity contribution is -0.115. The van der Waals surface area contributed by atoms with Crippen molar-refractivity contribution in [2.24, 2.45) is 0 Å². The van der Waals surface area contributed by atoms with Gasteiger partial charge in [-0.3, -0.25) is 4.79 Å². The predicted octanol–water partition coefficient (Wildman–Crippen LogP) is 3.68. The van der Waals surface area contributed by atoms with E-state index >= 15 is 0 Å². The standard InChI is InChI=1S/C22H28ClN3O3/c1-4-25-9-11-26(12-10-25)19-7-6-17(23)15-18(19)24-22(27)14-16-5-8-20(28-2)21(13-16)29-3/h5-8,13,15H,4,9-12,14H2,1-3H3,(H,24,27). The minimum absolute atomic E-state index is 0.104. The number of carbonyl (C=O) groups excluding carboxylic acids is 1. The van der Waals surface area contributed by atoms with Crippen LogP contribution in [0, 0.1) is 0 Å². The number of ether oxygens (including phenoxy) is 2. The third-order valence-electron chi connectivity index (χ3n) is 5.21.